The maximum Gasteiger partial charge on any atom is 0.214 e. The van der Waals surface area contributed by atoms with Gasteiger partial charge in [-0.25, -0.2) is 4.98 Å². The molecule has 0 spiro atoms. The van der Waals surface area contributed by atoms with E-state index in [9.17, 15) is 4.79 Å². The van der Waals surface area contributed by atoms with Crippen molar-refractivity contribution in [1.82, 2.24) is 10.3 Å². The summed E-state index contributed by atoms with van der Waals surface area (Å²) < 4.78 is 0. The molecule has 1 saturated heterocycles. The van der Waals surface area contributed by atoms with Gasteiger partial charge in [0, 0.05) is 19.3 Å². The normalized spacial score (nSPS) is 15.1. The summed E-state index contributed by atoms with van der Waals surface area (Å²) in [4.78, 5) is 17.3. The second kappa shape index (κ2) is 8.48. The van der Waals surface area contributed by atoms with Crippen LogP contribution in [0.2, 0.25) is 0 Å². The first-order valence-corrected chi connectivity index (χ1v) is 6.94. The van der Waals surface area contributed by atoms with E-state index in [1.807, 2.05) is 33.0 Å². The Morgan fingerprint density at radius 3 is 2.68 bits per heavy atom. The first kappa shape index (κ1) is 15.4. The molecule has 1 aliphatic rings. The predicted octanol–water partition coefficient (Wildman–Crippen LogP) is 1.86. The largest absolute Gasteiger partial charge is 0.371 e. The molecule has 1 aliphatic heterocycles. The molecule has 0 atom stereocenters. The Bertz CT molecular complexity index is 377. The molecule has 2 rings (SSSR count). The van der Waals surface area contributed by atoms with Gasteiger partial charge in [0.15, 0.2) is 0 Å². The molecular formula is C14H24N4O. The number of nitrogens with one attached hydrogen (secondary N) is 2. The van der Waals surface area contributed by atoms with Gasteiger partial charge < -0.3 is 15.5 Å². The van der Waals surface area contributed by atoms with Gasteiger partial charge in [0.2, 0.25) is 6.41 Å². The lowest BCUT2D eigenvalue weighted by molar-refractivity contribution is -0.108. The monoisotopic (exact) mass is 264 g/mol. The van der Waals surface area contributed by atoms with Gasteiger partial charge >= 0.3 is 0 Å². The van der Waals surface area contributed by atoms with E-state index in [1.165, 1.54) is 0 Å². The Morgan fingerprint density at radius 1 is 1.42 bits per heavy atom. The van der Waals surface area contributed by atoms with Crippen LogP contribution in [0.3, 0.4) is 0 Å². The topological polar surface area (TPSA) is 57.3 Å². The van der Waals surface area contributed by atoms with Gasteiger partial charge in [-0.15, -0.1) is 0 Å². The van der Waals surface area contributed by atoms with Crippen LogP contribution in [-0.4, -0.2) is 37.6 Å². The maximum absolute atomic E-state index is 11.3. The molecule has 0 bridgehead atoms. The van der Waals surface area contributed by atoms with Gasteiger partial charge in [0.1, 0.15) is 5.82 Å². The van der Waals surface area contributed by atoms with Crippen molar-refractivity contribution >= 4 is 17.9 Å². The van der Waals surface area contributed by atoms with E-state index in [4.69, 9.17) is 0 Å². The quantitative estimate of drug-likeness (QED) is 0.815. The summed E-state index contributed by atoms with van der Waals surface area (Å²) in [6.45, 7) is 5.92. The zero-order valence-electron chi connectivity index (χ0n) is 12.0. The molecule has 106 valence electrons. The van der Waals surface area contributed by atoms with Crippen LogP contribution in [0.5, 0.6) is 0 Å². The van der Waals surface area contributed by atoms with Crippen molar-refractivity contribution in [3.05, 3.63) is 18.3 Å². The SMILES string of the molecule is CC.CNc1ncccc1N(C=O)C1CCNCC1. The minimum Gasteiger partial charge on any atom is -0.371 e. The van der Waals surface area contributed by atoms with Crippen LogP contribution in [0.15, 0.2) is 18.3 Å². The zero-order chi connectivity index (χ0) is 14.1. The minimum atomic E-state index is 0.269. The van der Waals surface area contributed by atoms with E-state index in [-0.39, 0.29) is 6.04 Å². The molecule has 1 amide bonds. The van der Waals surface area contributed by atoms with Crippen LogP contribution >= 0.6 is 0 Å². The van der Waals surface area contributed by atoms with E-state index in [0.717, 1.165) is 43.8 Å². The van der Waals surface area contributed by atoms with E-state index in [1.54, 1.807) is 11.1 Å². The number of amides is 1. The Morgan fingerprint density at radius 2 is 2.11 bits per heavy atom. The van der Waals surface area contributed by atoms with Crippen molar-refractivity contribution < 1.29 is 4.79 Å². The number of anilines is 2. The average molecular weight is 264 g/mol. The Hall–Kier alpha value is -1.62. The zero-order valence-corrected chi connectivity index (χ0v) is 12.0. The summed E-state index contributed by atoms with van der Waals surface area (Å²) in [7, 11) is 1.82. The number of hydrogen-bond donors (Lipinski definition) is 2. The molecule has 1 aromatic heterocycles. The molecule has 5 heteroatoms. The van der Waals surface area contributed by atoms with Crippen LogP contribution in [0.1, 0.15) is 26.7 Å². The fourth-order valence-electron chi connectivity index (χ4n) is 2.22. The Kier molecular flexibility index (Phi) is 6.89. The Balaban J connectivity index is 0.000000861. The van der Waals surface area contributed by atoms with Crippen molar-refractivity contribution in [2.45, 2.75) is 32.7 Å². The lowest BCUT2D eigenvalue weighted by atomic mass is 10.0. The smallest absolute Gasteiger partial charge is 0.214 e. The molecule has 5 nitrogen and oxygen atoms in total. The minimum absolute atomic E-state index is 0.269. The molecule has 19 heavy (non-hydrogen) atoms. The highest BCUT2D eigenvalue weighted by atomic mass is 16.1. The van der Waals surface area contributed by atoms with Crippen molar-refractivity contribution in [2.75, 3.05) is 30.4 Å². The molecule has 0 radical (unpaired) electrons. The molecule has 2 heterocycles. The third kappa shape index (κ3) is 3.92. The van der Waals surface area contributed by atoms with E-state index < -0.39 is 0 Å². The molecule has 1 fully saturated rings. The fraction of sp³-hybridized carbons (Fsp3) is 0.571. The fourth-order valence-corrected chi connectivity index (χ4v) is 2.22. The summed E-state index contributed by atoms with van der Waals surface area (Å²) in [6.07, 6.45) is 4.60. The number of carbonyl (C=O) groups excluding carboxylic acids is 1. The number of nitrogens with zero attached hydrogens (tertiary/aromatic N) is 2. The summed E-state index contributed by atoms with van der Waals surface area (Å²) in [5, 5.41) is 6.32. The number of aromatic nitrogens is 1. The predicted molar refractivity (Wildman–Crippen MR) is 79.6 cm³/mol. The molecule has 0 unspecified atom stereocenters. The number of piperidine rings is 1. The summed E-state index contributed by atoms with van der Waals surface area (Å²) in [5.74, 6) is 0.748. The summed E-state index contributed by atoms with van der Waals surface area (Å²) in [6, 6.07) is 4.05. The summed E-state index contributed by atoms with van der Waals surface area (Å²) >= 11 is 0. The molecule has 1 aromatic rings. The molecular weight excluding hydrogens is 240 g/mol. The molecule has 2 N–H and O–H groups in total. The van der Waals surface area contributed by atoms with Gasteiger partial charge in [0.05, 0.1) is 5.69 Å². The number of pyridine rings is 1. The van der Waals surface area contributed by atoms with Crippen molar-refractivity contribution in [3.8, 4) is 0 Å². The van der Waals surface area contributed by atoms with Gasteiger partial charge in [-0.3, -0.25) is 4.79 Å². The van der Waals surface area contributed by atoms with Crippen LogP contribution < -0.4 is 15.5 Å². The standard InChI is InChI=1S/C12H18N4O.C2H6/c1-13-12-11(3-2-6-15-12)16(9-17)10-4-7-14-8-5-10;1-2/h2-3,6,9-10,14H,4-5,7-8H2,1H3,(H,13,15);1-2H3. The van der Waals surface area contributed by atoms with Crippen molar-refractivity contribution in [1.29, 1.82) is 0 Å². The lowest BCUT2D eigenvalue weighted by Crippen LogP contribution is -2.42. The Labute approximate surface area is 115 Å². The van der Waals surface area contributed by atoms with E-state index >= 15 is 0 Å². The first-order chi connectivity index (χ1) is 9.36. The van der Waals surface area contributed by atoms with Crippen LogP contribution in [0, 0.1) is 0 Å². The van der Waals surface area contributed by atoms with Crippen LogP contribution in [-0.2, 0) is 4.79 Å². The lowest BCUT2D eigenvalue weighted by Gasteiger charge is -2.32. The van der Waals surface area contributed by atoms with Gasteiger partial charge in [-0.1, -0.05) is 13.8 Å². The first-order valence-electron chi connectivity index (χ1n) is 6.94. The van der Waals surface area contributed by atoms with E-state index in [2.05, 4.69) is 15.6 Å². The van der Waals surface area contributed by atoms with Gasteiger partial charge in [0.25, 0.3) is 0 Å². The number of rotatable bonds is 4. The highest BCUT2D eigenvalue weighted by Crippen LogP contribution is 2.26. The third-order valence-corrected chi connectivity index (χ3v) is 3.12. The molecule has 0 saturated carbocycles. The second-order valence-electron chi connectivity index (χ2n) is 4.11. The highest BCUT2D eigenvalue weighted by Gasteiger charge is 2.22. The number of carbonyl (C=O) groups is 1. The summed E-state index contributed by atoms with van der Waals surface area (Å²) in [5.41, 5.74) is 0.858. The molecule has 0 aliphatic carbocycles. The van der Waals surface area contributed by atoms with Gasteiger partial charge in [-0.05, 0) is 38.1 Å². The average Bonchev–Trinajstić information content (AvgIpc) is 2.52. The van der Waals surface area contributed by atoms with Crippen molar-refractivity contribution in [3.63, 3.8) is 0 Å². The third-order valence-electron chi connectivity index (χ3n) is 3.12. The maximum atomic E-state index is 11.3. The molecule has 0 aromatic carbocycles. The number of hydrogen-bond acceptors (Lipinski definition) is 4. The van der Waals surface area contributed by atoms with Crippen LogP contribution in [0.4, 0.5) is 11.5 Å². The van der Waals surface area contributed by atoms with Crippen molar-refractivity contribution in [2.24, 2.45) is 0 Å². The highest BCUT2D eigenvalue weighted by molar-refractivity contribution is 5.82. The van der Waals surface area contributed by atoms with E-state index in [0.29, 0.717) is 0 Å². The van der Waals surface area contributed by atoms with Gasteiger partial charge in [-0.2, -0.15) is 0 Å². The van der Waals surface area contributed by atoms with Crippen LogP contribution in [0.25, 0.3) is 0 Å². The second-order valence-corrected chi connectivity index (χ2v) is 4.11.